The molecule has 0 amide bonds. The van der Waals surface area contributed by atoms with Gasteiger partial charge in [0.05, 0.1) is 10.6 Å². The Kier molecular flexibility index (Phi) is 3.31. The van der Waals surface area contributed by atoms with E-state index >= 15 is 0 Å². The van der Waals surface area contributed by atoms with E-state index in [0.29, 0.717) is 22.1 Å². The van der Waals surface area contributed by atoms with Gasteiger partial charge in [-0.05, 0) is 13.0 Å². The summed E-state index contributed by atoms with van der Waals surface area (Å²) in [4.78, 5) is 20.1. The molecule has 0 radical (unpaired) electrons. The predicted octanol–water partition coefficient (Wildman–Crippen LogP) is 4.05. The van der Waals surface area contributed by atoms with Gasteiger partial charge < -0.3 is 4.42 Å². The average molecular weight is 346 g/mol. The molecule has 0 unspecified atom stereocenters. The predicted molar refractivity (Wildman–Crippen MR) is 88.0 cm³/mol. The van der Waals surface area contributed by atoms with Crippen LogP contribution in [0.15, 0.2) is 39.4 Å². The Balaban J connectivity index is 1.56. The van der Waals surface area contributed by atoms with Gasteiger partial charge in [0.15, 0.2) is 10.5 Å². The molecule has 3 heterocycles. The van der Waals surface area contributed by atoms with Crippen LogP contribution in [0.4, 0.5) is 5.69 Å². The highest BCUT2D eigenvalue weighted by atomic mass is 32.2. The molecule has 0 fully saturated rings. The fourth-order valence-electron chi connectivity index (χ4n) is 2.22. The van der Waals surface area contributed by atoms with E-state index in [4.69, 9.17) is 4.42 Å². The number of nitrogens with zero attached hydrogens (tertiary/aromatic N) is 4. The first-order chi connectivity index (χ1) is 11.1. The number of benzene rings is 1. The number of thioether (sulfide) groups is 1. The molecular formula is C14H10N4O3S2. The molecule has 4 rings (SSSR count). The minimum Gasteiger partial charge on any atom is -0.431 e. The molecule has 0 bridgehead atoms. The minimum absolute atomic E-state index is 0.00663. The van der Waals surface area contributed by atoms with Gasteiger partial charge in [0.25, 0.3) is 10.9 Å². The molecule has 116 valence electrons. The third-order valence-corrected chi connectivity index (χ3v) is 5.16. The zero-order valence-electron chi connectivity index (χ0n) is 11.9. The second-order valence-electron chi connectivity index (χ2n) is 4.94. The number of imidazole rings is 1. The largest absolute Gasteiger partial charge is 0.431 e. The summed E-state index contributed by atoms with van der Waals surface area (Å²) in [5.41, 5.74) is 3.14. The molecule has 3 aromatic heterocycles. The summed E-state index contributed by atoms with van der Waals surface area (Å²) in [6, 6.07) is 4.40. The van der Waals surface area contributed by atoms with Crippen molar-refractivity contribution in [1.29, 1.82) is 0 Å². The van der Waals surface area contributed by atoms with Gasteiger partial charge >= 0.3 is 0 Å². The summed E-state index contributed by atoms with van der Waals surface area (Å²) in [7, 11) is 0. The van der Waals surface area contributed by atoms with E-state index in [1.807, 2.05) is 13.1 Å². The number of thiazole rings is 1. The van der Waals surface area contributed by atoms with Gasteiger partial charge in [-0.2, -0.15) is 0 Å². The topological polar surface area (TPSA) is 86.5 Å². The second kappa shape index (κ2) is 5.36. The third-order valence-electron chi connectivity index (χ3n) is 3.34. The SMILES string of the molecule is Cc1csc2nc(CSc3nc4cc([N+](=O)[O-])ccc4o3)cn12. The average Bonchev–Trinajstić information content (AvgIpc) is 3.20. The quantitative estimate of drug-likeness (QED) is 0.315. The molecule has 0 atom stereocenters. The number of hydrogen-bond acceptors (Lipinski definition) is 7. The van der Waals surface area contributed by atoms with Crippen molar-refractivity contribution in [1.82, 2.24) is 14.4 Å². The van der Waals surface area contributed by atoms with Gasteiger partial charge in [-0.25, -0.2) is 9.97 Å². The van der Waals surface area contributed by atoms with Crippen molar-refractivity contribution in [3.8, 4) is 0 Å². The zero-order valence-corrected chi connectivity index (χ0v) is 13.6. The Bertz CT molecular complexity index is 1030. The lowest BCUT2D eigenvalue weighted by molar-refractivity contribution is -0.384. The third kappa shape index (κ3) is 2.57. The van der Waals surface area contributed by atoms with Crippen LogP contribution in [0.5, 0.6) is 0 Å². The Labute approximate surface area is 138 Å². The lowest BCUT2D eigenvalue weighted by Gasteiger charge is -1.91. The highest BCUT2D eigenvalue weighted by Gasteiger charge is 2.13. The molecule has 0 saturated carbocycles. The van der Waals surface area contributed by atoms with E-state index in [1.165, 1.54) is 23.9 Å². The lowest BCUT2D eigenvalue weighted by Crippen LogP contribution is -1.86. The van der Waals surface area contributed by atoms with E-state index in [9.17, 15) is 10.1 Å². The number of oxazole rings is 1. The van der Waals surface area contributed by atoms with Crippen LogP contribution in [0.25, 0.3) is 16.1 Å². The van der Waals surface area contributed by atoms with Gasteiger partial charge in [-0.1, -0.05) is 11.8 Å². The summed E-state index contributed by atoms with van der Waals surface area (Å²) >= 11 is 3.02. The molecule has 0 aliphatic heterocycles. The van der Waals surface area contributed by atoms with Crippen LogP contribution < -0.4 is 0 Å². The molecule has 0 spiro atoms. The first-order valence-corrected chi connectivity index (χ1v) is 8.56. The number of fused-ring (bicyclic) bond motifs is 2. The molecule has 9 heteroatoms. The Morgan fingerprint density at radius 3 is 3.09 bits per heavy atom. The molecular weight excluding hydrogens is 336 g/mol. The van der Waals surface area contributed by atoms with Crippen molar-refractivity contribution in [2.45, 2.75) is 17.9 Å². The summed E-state index contributed by atoms with van der Waals surface area (Å²) in [6.07, 6.45) is 2.00. The van der Waals surface area contributed by atoms with Crippen molar-refractivity contribution >= 4 is 44.8 Å². The molecule has 0 aliphatic rings. The van der Waals surface area contributed by atoms with Crippen LogP contribution in [0.1, 0.15) is 11.4 Å². The van der Waals surface area contributed by atoms with Crippen LogP contribution in [0.2, 0.25) is 0 Å². The van der Waals surface area contributed by atoms with Crippen molar-refractivity contribution in [2.24, 2.45) is 0 Å². The maximum absolute atomic E-state index is 10.8. The lowest BCUT2D eigenvalue weighted by atomic mass is 10.3. The fourth-order valence-corrected chi connectivity index (χ4v) is 3.81. The number of non-ortho nitro benzene ring substituents is 1. The van der Waals surface area contributed by atoms with E-state index in [-0.39, 0.29) is 5.69 Å². The van der Waals surface area contributed by atoms with E-state index in [1.54, 1.807) is 17.4 Å². The molecule has 23 heavy (non-hydrogen) atoms. The number of nitro groups is 1. The summed E-state index contributed by atoms with van der Waals surface area (Å²) in [6.45, 7) is 2.04. The number of aryl methyl sites for hydroxylation is 1. The maximum atomic E-state index is 10.8. The Morgan fingerprint density at radius 2 is 2.30 bits per heavy atom. The van der Waals surface area contributed by atoms with Crippen LogP contribution in [-0.2, 0) is 5.75 Å². The van der Waals surface area contributed by atoms with Gasteiger partial charge in [-0.15, -0.1) is 11.3 Å². The summed E-state index contributed by atoms with van der Waals surface area (Å²) < 4.78 is 7.65. The molecule has 4 aromatic rings. The first-order valence-electron chi connectivity index (χ1n) is 6.70. The monoisotopic (exact) mass is 346 g/mol. The fraction of sp³-hybridized carbons (Fsp3) is 0.143. The van der Waals surface area contributed by atoms with E-state index < -0.39 is 4.92 Å². The number of nitro benzene ring substituents is 1. The summed E-state index contributed by atoms with van der Waals surface area (Å²) in [5.74, 6) is 0.628. The normalized spacial score (nSPS) is 11.5. The van der Waals surface area contributed by atoms with Crippen molar-refractivity contribution in [3.05, 3.63) is 51.3 Å². The van der Waals surface area contributed by atoms with Gasteiger partial charge in [0.2, 0.25) is 0 Å². The van der Waals surface area contributed by atoms with Crippen molar-refractivity contribution in [2.75, 3.05) is 0 Å². The zero-order chi connectivity index (χ0) is 16.0. The van der Waals surface area contributed by atoms with Gasteiger partial charge in [-0.3, -0.25) is 14.5 Å². The van der Waals surface area contributed by atoms with Gasteiger partial charge in [0, 0.05) is 35.2 Å². The second-order valence-corrected chi connectivity index (χ2v) is 6.70. The number of rotatable bonds is 4. The smallest absolute Gasteiger partial charge is 0.271 e. The van der Waals surface area contributed by atoms with Crippen LogP contribution in [0.3, 0.4) is 0 Å². The van der Waals surface area contributed by atoms with E-state index in [0.717, 1.165) is 16.3 Å². The summed E-state index contributed by atoms with van der Waals surface area (Å²) in [5, 5.41) is 13.3. The van der Waals surface area contributed by atoms with Crippen LogP contribution in [0, 0.1) is 17.0 Å². The van der Waals surface area contributed by atoms with E-state index in [2.05, 4.69) is 19.7 Å². The van der Waals surface area contributed by atoms with Crippen LogP contribution >= 0.6 is 23.1 Å². The van der Waals surface area contributed by atoms with Crippen molar-refractivity contribution < 1.29 is 9.34 Å². The molecule has 7 nitrogen and oxygen atoms in total. The standard InChI is InChI=1S/C14H10N4O3S2/c1-8-6-22-13-15-9(5-17(8)13)7-23-14-16-11-4-10(18(19)20)2-3-12(11)21-14/h2-6H,7H2,1H3. The Morgan fingerprint density at radius 1 is 1.43 bits per heavy atom. The molecule has 1 aromatic carbocycles. The maximum Gasteiger partial charge on any atom is 0.271 e. The van der Waals surface area contributed by atoms with Crippen molar-refractivity contribution in [3.63, 3.8) is 0 Å². The highest BCUT2D eigenvalue weighted by Crippen LogP contribution is 2.28. The number of hydrogen-bond donors (Lipinski definition) is 0. The molecule has 0 N–H and O–H groups in total. The van der Waals surface area contributed by atoms with Crippen LogP contribution in [-0.4, -0.2) is 19.3 Å². The first kappa shape index (κ1) is 14.2. The molecule has 0 saturated heterocycles. The van der Waals surface area contributed by atoms with Gasteiger partial charge in [0.1, 0.15) is 5.52 Å². The minimum atomic E-state index is -0.443. The number of aromatic nitrogens is 3. The highest BCUT2D eigenvalue weighted by molar-refractivity contribution is 7.98. The Hall–Kier alpha value is -2.39. The molecule has 0 aliphatic carbocycles.